The molecule has 0 amide bonds. The molecule has 0 fully saturated rings. The molecule has 1 aromatic heterocycles. The Morgan fingerprint density at radius 3 is 2.85 bits per heavy atom. The largest absolute Gasteiger partial charge is 0.501 e. The van der Waals surface area contributed by atoms with Crippen molar-refractivity contribution in [3.63, 3.8) is 0 Å². The maximum Gasteiger partial charge on any atom is 0.360 e. The SMILES string of the molecule is COC(=O)c1nc2n(c(=O)c1O)CCOCC2N(C)C. The summed E-state index contributed by atoms with van der Waals surface area (Å²) in [7, 11) is 4.81. The van der Waals surface area contributed by atoms with E-state index in [0.29, 0.717) is 19.0 Å². The summed E-state index contributed by atoms with van der Waals surface area (Å²) in [4.78, 5) is 29.7. The van der Waals surface area contributed by atoms with E-state index in [9.17, 15) is 14.7 Å². The van der Waals surface area contributed by atoms with Gasteiger partial charge in [-0.2, -0.15) is 0 Å². The van der Waals surface area contributed by atoms with E-state index in [1.807, 2.05) is 19.0 Å². The Labute approximate surface area is 115 Å². The second kappa shape index (κ2) is 5.59. The molecule has 0 radical (unpaired) electrons. The van der Waals surface area contributed by atoms with E-state index >= 15 is 0 Å². The summed E-state index contributed by atoms with van der Waals surface area (Å²) in [5, 5.41) is 9.82. The van der Waals surface area contributed by atoms with Gasteiger partial charge in [-0.05, 0) is 14.1 Å². The normalized spacial score (nSPS) is 18.5. The van der Waals surface area contributed by atoms with Crippen molar-refractivity contribution in [3.05, 3.63) is 21.9 Å². The number of carbonyl (C=O) groups is 1. The first-order valence-corrected chi connectivity index (χ1v) is 6.13. The van der Waals surface area contributed by atoms with Crippen LogP contribution in [0.5, 0.6) is 5.75 Å². The molecule has 2 heterocycles. The highest BCUT2D eigenvalue weighted by Crippen LogP contribution is 2.21. The molecule has 0 aliphatic carbocycles. The molecule has 8 heteroatoms. The van der Waals surface area contributed by atoms with Crippen LogP contribution < -0.4 is 5.56 Å². The van der Waals surface area contributed by atoms with Crippen LogP contribution in [0.2, 0.25) is 0 Å². The van der Waals surface area contributed by atoms with Crippen molar-refractivity contribution in [1.82, 2.24) is 14.5 Å². The van der Waals surface area contributed by atoms with E-state index in [1.54, 1.807) is 0 Å². The lowest BCUT2D eigenvalue weighted by Crippen LogP contribution is -2.33. The average molecular weight is 283 g/mol. The Morgan fingerprint density at radius 1 is 1.55 bits per heavy atom. The second-order valence-corrected chi connectivity index (χ2v) is 4.67. The number of carbonyl (C=O) groups excluding carboxylic acids is 1. The molecule has 0 spiro atoms. The van der Waals surface area contributed by atoms with Gasteiger partial charge >= 0.3 is 5.97 Å². The van der Waals surface area contributed by atoms with Crippen molar-refractivity contribution in [2.45, 2.75) is 12.6 Å². The Bertz CT molecular complexity index is 581. The molecule has 110 valence electrons. The third-order valence-corrected chi connectivity index (χ3v) is 3.21. The number of hydrogen-bond donors (Lipinski definition) is 1. The van der Waals surface area contributed by atoms with Gasteiger partial charge in [-0.15, -0.1) is 0 Å². The van der Waals surface area contributed by atoms with Crippen molar-refractivity contribution in [3.8, 4) is 5.75 Å². The van der Waals surface area contributed by atoms with Gasteiger partial charge in [0.15, 0.2) is 5.69 Å². The Hall–Kier alpha value is -1.93. The first-order chi connectivity index (χ1) is 9.47. The number of aromatic nitrogens is 2. The minimum Gasteiger partial charge on any atom is -0.501 e. The molecule has 2 rings (SSSR count). The fourth-order valence-corrected chi connectivity index (χ4v) is 2.08. The van der Waals surface area contributed by atoms with Crippen LogP contribution in [-0.4, -0.2) is 59.9 Å². The second-order valence-electron chi connectivity index (χ2n) is 4.67. The van der Waals surface area contributed by atoms with Gasteiger partial charge in [-0.3, -0.25) is 14.3 Å². The fourth-order valence-electron chi connectivity index (χ4n) is 2.08. The third-order valence-electron chi connectivity index (χ3n) is 3.21. The number of rotatable bonds is 2. The molecule has 0 aromatic carbocycles. The molecule has 1 aliphatic rings. The fraction of sp³-hybridized carbons (Fsp3) is 0.583. The van der Waals surface area contributed by atoms with Crippen LogP contribution in [0, 0.1) is 0 Å². The summed E-state index contributed by atoms with van der Waals surface area (Å²) in [6, 6.07) is -0.283. The lowest BCUT2D eigenvalue weighted by Gasteiger charge is -2.23. The number of methoxy groups -OCH3 is 1. The lowest BCUT2D eigenvalue weighted by molar-refractivity contribution is 0.0587. The van der Waals surface area contributed by atoms with Crippen molar-refractivity contribution < 1.29 is 19.4 Å². The highest BCUT2D eigenvalue weighted by atomic mass is 16.5. The van der Waals surface area contributed by atoms with Crippen molar-refractivity contribution >= 4 is 5.97 Å². The molecule has 1 aromatic rings. The lowest BCUT2D eigenvalue weighted by atomic mass is 10.2. The van der Waals surface area contributed by atoms with E-state index in [2.05, 4.69) is 9.72 Å². The van der Waals surface area contributed by atoms with Crippen LogP contribution >= 0.6 is 0 Å². The molecule has 1 unspecified atom stereocenters. The zero-order valence-corrected chi connectivity index (χ0v) is 11.6. The van der Waals surface area contributed by atoms with Gasteiger partial charge in [0.05, 0.1) is 32.9 Å². The maximum atomic E-state index is 12.2. The van der Waals surface area contributed by atoms with E-state index in [-0.39, 0.29) is 18.3 Å². The monoisotopic (exact) mass is 283 g/mol. The molecule has 8 nitrogen and oxygen atoms in total. The standard InChI is InChI=1S/C12H17N3O5/c1-14(2)7-6-20-5-4-15-10(7)13-8(12(18)19-3)9(16)11(15)17/h7,16H,4-6H2,1-3H3. The van der Waals surface area contributed by atoms with Crippen LogP contribution in [0.3, 0.4) is 0 Å². The third kappa shape index (κ3) is 2.39. The van der Waals surface area contributed by atoms with Gasteiger partial charge in [0.25, 0.3) is 5.56 Å². The van der Waals surface area contributed by atoms with Gasteiger partial charge in [0.1, 0.15) is 5.82 Å². The van der Waals surface area contributed by atoms with Crippen LogP contribution in [0.4, 0.5) is 0 Å². The summed E-state index contributed by atoms with van der Waals surface area (Å²) in [6.45, 7) is 0.973. The number of fused-ring (bicyclic) bond motifs is 1. The first kappa shape index (κ1) is 14.5. The number of esters is 1. The molecule has 1 aliphatic heterocycles. The number of likely N-dealkylation sites (N-methyl/N-ethyl adjacent to an activating group) is 1. The Morgan fingerprint density at radius 2 is 2.25 bits per heavy atom. The minimum atomic E-state index is -0.842. The van der Waals surface area contributed by atoms with Crippen molar-refractivity contribution in [2.75, 3.05) is 34.4 Å². The topological polar surface area (TPSA) is 93.9 Å². The smallest absolute Gasteiger partial charge is 0.360 e. The maximum absolute atomic E-state index is 12.2. The van der Waals surface area contributed by atoms with Gasteiger partial charge in [0, 0.05) is 0 Å². The summed E-state index contributed by atoms with van der Waals surface area (Å²) in [5.41, 5.74) is -1.02. The predicted octanol–water partition coefficient (Wildman–Crippen LogP) is -0.632. The Balaban J connectivity index is 2.67. The molecule has 1 N–H and O–H groups in total. The predicted molar refractivity (Wildman–Crippen MR) is 68.7 cm³/mol. The van der Waals surface area contributed by atoms with Crippen molar-refractivity contribution in [1.29, 1.82) is 0 Å². The molecule has 0 saturated carbocycles. The zero-order chi connectivity index (χ0) is 14.9. The molecule has 1 atom stereocenters. The van der Waals surface area contributed by atoms with E-state index in [4.69, 9.17) is 4.74 Å². The molecular weight excluding hydrogens is 266 g/mol. The summed E-state index contributed by atoms with van der Waals surface area (Å²) >= 11 is 0. The average Bonchev–Trinajstić information content (AvgIpc) is 2.64. The summed E-state index contributed by atoms with van der Waals surface area (Å²) < 4.78 is 11.3. The molecular formula is C12H17N3O5. The van der Waals surface area contributed by atoms with Gasteiger partial charge in [-0.25, -0.2) is 9.78 Å². The van der Waals surface area contributed by atoms with Gasteiger partial charge < -0.3 is 14.6 Å². The zero-order valence-electron chi connectivity index (χ0n) is 11.6. The molecule has 0 saturated heterocycles. The number of nitrogens with zero attached hydrogens (tertiary/aromatic N) is 3. The summed E-state index contributed by atoms with van der Waals surface area (Å²) in [6.07, 6.45) is 0. The highest BCUT2D eigenvalue weighted by Gasteiger charge is 2.28. The molecule has 20 heavy (non-hydrogen) atoms. The number of ether oxygens (including phenoxy) is 2. The number of hydrogen-bond acceptors (Lipinski definition) is 7. The van der Waals surface area contributed by atoms with E-state index in [0.717, 1.165) is 0 Å². The van der Waals surface area contributed by atoms with Crippen molar-refractivity contribution in [2.24, 2.45) is 0 Å². The number of aromatic hydroxyl groups is 1. The van der Waals surface area contributed by atoms with Gasteiger partial charge in [0.2, 0.25) is 5.75 Å². The minimum absolute atomic E-state index is 0.278. The van der Waals surface area contributed by atoms with Gasteiger partial charge in [-0.1, -0.05) is 0 Å². The van der Waals surface area contributed by atoms with Crippen LogP contribution in [0.15, 0.2) is 4.79 Å². The summed E-state index contributed by atoms with van der Waals surface area (Å²) in [5.74, 6) is -1.15. The van der Waals surface area contributed by atoms with Crippen LogP contribution in [-0.2, 0) is 16.0 Å². The highest BCUT2D eigenvalue weighted by molar-refractivity contribution is 5.89. The van der Waals surface area contributed by atoms with Crippen LogP contribution in [0.25, 0.3) is 0 Å². The quantitative estimate of drug-likeness (QED) is 0.722. The first-order valence-electron chi connectivity index (χ1n) is 6.13. The van der Waals surface area contributed by atoms with E-state index in [1.165, 1.54) is 11.7 Å². The Kier molecular flexibility index (Phi) is 4.05. The van der Waals surface area contributed by atoms with E-state index < -0.39 is 17.3 Å². The molecule has 0 bridgehead atoms. The van der Waals surface area contributed by atoms with Crippen LogP contribution in [0.1, 0.15) is 22.4 Å².